The molecule has 3 heterocycles. The summed E-state index contributed by atoms with van der Waals surface area (Å²) in [7, 11) is -1.31. The Morgan fingerprint density at radius 3 is 2.57 bits per heavy atom. The van der Waals surface area contributed by atoms with E-state index >= 15 is 0 Å². The highest BCUT2D eigenvalue weighted by atomic mass is 28.4. The monoisotopic (exact) mass is 613 g/mol. The van der Waals surface area contributed by atoms with Crippen LogP contribution in [0.3, 0.4) is 0 Å². The zero-order chi connectivity index (χ0) is 31.2. The van der Waals surface area contributed by atoms with Crippen LogP contribution in [0.1, 0.15) is 36.1 Å². The second-order valence-electron chi connectivity index (χ2n) is 12.6. The predicted octanol–water partition coefficient (Wildman–Crippen LogP) is 4.37. The Balaban J connectivity index is 1.30. The first-order valence-corrected chi connectivity index (χ1v) is 18.1. The summed E-state index contributed by atoms with van der Waals surface area (Å²) in [5.41, 5.74) is 2.96. The highest BCUT2D eigenvalue weighted by Gasteiger charge is 2.48. The van der Waals surface area contributed by atoms with Crippen LogP contribution in [0.15, 0.2) is 77.7 Å². The lowest BCUT2D eigenvalue weighted by atomic mass is 9.86. The van der Waals surface area contributed by atoms with E-state index in [9.17, 15) is 19.5 Å². The lowest BCUT2D eigenvalue weighted by Crippen LogP contribution is -2.52. The van der Waals surface area contributed by atoms with Crippen molar-refractivity contribution in [3.8, 4) is 11.4 Å². The third-order valence-corrected chi connectivity index (χ3v) is 11.7. The van der Waals surface area contributed by atoms with E-state index in [-0.39, 0.29) is 36.5 Å². The number of methoxy groups -OCH3 is 1. The van der Waals surface area contributed by atoms with Gasteiger partial charge in [0.2, 0.25) is 5.91 Å². The van der Waals surface area contributed by atoms with Crippen LogP contribution in [0.5, 0.6) is 5.75 Å². The summed E-state index contributed by atoms with van der Waals surface area (Å²) in [6, 6.07) is 20.5. The van der Waals surface area contributed by atoms with Gasteiger partial charge in [-0.05, 0) is 54.9 Å². The number of ether oxygens (including phenoxy) is 2. The topological polar surface area (TPSA) is 114 Å². The summed E-state index contributed by atoms with van der Waals surface area (Å²) in [5, 5.41) is 15.9. The van der Waals surface area contributed by atoms with Gasteiger partial charge in [-0.15, -0.1) is 0 Å². The largest absolute Gasteiger partial charge is 0.490 e. The summed E-state index contributed by atoms with van der Waals surface area (Å²) in [6.45, 7) is 6.00. The molecule has 2 aliphatic rings. The van der Waals surface area contributed by atoms with Gasteiger partial charge in [0.05, 0.1) is 36.0 Å². The standard InChI is InChI=1S/C34H39N3O6Si/c1-21-32(42-2)28-16-25(37-34(40)27-12-8-7-10-23(27)18-35-37)13-14-29(28)43-33(21)30(44(3,4)41)17-31(39)36-19-24-11-6-5-9-22(24)15-26(36)20-38/h5-14,16,18,21,26,30,32-33,38,41H,15,17,19-20H2,1-4H3/t21-,26+,30?,32-,33-/m1/s1. The van der Waals surface area contributed by atoms with Crippen molar-refractivity contribution >= 4 is 25.0 Å². The van der Waals surface area contributed by atoms with E-state index < -0.39 is 26.1 Å². The van der Waals surface area contributed by atoms with Crippen molar-refractivity contribution in [1.29, 1.82) is 0 Å². The molecule has 44 heavy (non-hydrogen) atoms. The van der Waals surface area contributed by atoms with Gasteiger partial charge in [0, 0.05) is 42.5 Å². The molecule has 2 N–H and O–H groups in total. The van der Waals surface area contributed by atoms with Crippen molar-refractivity contribution in [3.63, 3.8) is 0 Å². The summed E-state index contributed by atoms with van der Waals surface area (Å²) in [5.74, 6) is 0.274. The first kappa shape index (κ1) is 30.2. The second kappa shape index (κ2) is 11.9. The molecule has 0 bridgehead atoms. The van der Waals surface area contributed by atoms with Gasteiger partial charge in [0.15, 0.2) is 8.32 Å². The minimum absolute atomic E-state index is 0.101. The van der Waals surface area contributed by atoms with Gasteiger partial charge in [-0.3, -0.25) is 9.59 Å². The number of hydrogen-bond donors (Lipinski definition) is 2. The van der Waals surface area contributed by atoms with E-state index in [4.69, 9.17) is 9.47 Å². The molecule has 6 rings (SSSR count). The molecule has 5 atom stereocenters. The first-order chi connectivity index (χ1) is 21.1. The third kappa shape index (κ3) is 5.47. The van der Waals surface area contributed by atoms with Crippen molar-refractivity contribution in [3.05, 3.63) is 100.0 Å². The maximum Gasteiger partial charge on any atom is 0.279 e. The van der Waals surface area contributed by atoms with Gasteiger partial charge in [0.1, 0.15) is 11.9 Å². The average molecular weight is 614 g/mol. The number of rotatable bonds is 7. The molecule has 1 unspecified atom stereocenters. The van der Waals surface area contributed by atoms with Gasteiger partial charge < -0.3 is 24.3 Å². The number of hydrogen-bond acceptors (Lipinski definition) is 7. The van der Waals surface area contributed by atoms with Crippen molar-refractivity contribution in [2.24, 2.45) is 5.92 Å². The number of amides is 1. The van der Waals surface area contributed by atoms with Crippen molar-refractivity contribution in [2.45, 2.75) is 63.2 Å². The SMILES string of the molecule is CO[C@H]1c2cc(-n3ncc4ccccc4c3=O)ccc2O[C@@H](C(CC(=O)N2Cc3ccccc3C[C@H]2CO)[Si](C)(C)O)[C@@H]1C. The Hall–Kier alpha value is -3.83. The van der Waals surface area contributed by atoms with Gasteiger partial charge in [-0.1, -0.05) is 49.4 Å². The van der Waals surface area contributed by atoms with Crippen LogP contribution in [0.4, 0.5) is 0 Å². The average Bonchev–Trinajstić information content (AvgIpc) is 3.02. The fourth-order valence-electron chi connectivity index (χ4n) is 6.89. The Bertz CT molecular complexity index is 1750. The maximum atomic E-state index is 13.9. The molecule has 0 fully saturated rings. The van der Waals surface area contributed by atoms with Crippen LogP contribution in [0, 0.1) is 5.92 Å². The van der Waals surface area contributed by atoms with Crippen LogP contribution in [0.2, 0.25) is 18.6 Å². The number of aliphatic hydroxyl groups excluding tert-OH is 1. The number of nitrogens with zero attached hydrogens (tertiary/aromatic N) is 3. The molecule has 4 aromatic rings. The smallest absolute Gasteiger partial charge is 0.279 e. The number of carbonyl (C=O) groups excluding carboxylic acids is 1. The van der Waals surface area contributed by atoms with Crippen LogP contribution in [-0.4, -0.2) is 64.7 Å². The number of fused-ring (bicyclic) bond motifs is 3. The number of benzene rings is 3. The van der Waals surface area contributed by atoms with Crippen LogP contribution in [-0.2, 0) is 22.5 Å². The molecule has 9 nitrogen and oxygen atoms in total. The summed E-state index contributed by atoms with van der Waals surface area (Å²) >= 11 is 0. The molecule has 10 heteroatoms. The Morgan fingerprint density at radius 1 is 1.11 bits per heavy atom. The predicted molar refractivity (Wildman–Crippen MR) is 170 cm³/mol. The van der Waals surface area contributed by atoms with E-state index in [0.717, 1.165) is 22.1 Å². The van der Waals surface area contributed by atoms with Crippen molar-refractivity contribution in [2.75, 3.05) is 13.7 Å². The molecular formula is C34H39N3O6Si. The quantitative estimate of drug-likeness (QED) is 0.298. The first-order valence-electron chi connectivity index (χ1n) is 15.1. The molecule has 0 aliphatic carbocycles. The number of aliphatic hydroxyl groups is 1. The van der Waals surface area contributed by atoms with Gasteiger partial charge in [0.25, 0.3) is 5.56 Å². The zero-order valence-electron chi connectivity index (χ0n) is 25.5. The fraction of sp³-hybridized carbons (Fsp3) is 0.382. The summed E-state index contributed by atoms with van der Waals surface area (Å²) < 4.78 is 14.0. The normalized spacial score (nSPS) is 22.2. The number of carbonyl (C=O) groups is 1. The fourth-order valence-corrected chi connectivity index (χ4v) is 8.74. The third-order valence-electron chi connectivity index (χ3n) is 9.34. The molecule has 230 valence electrons. The second-order valence-corrected chi connectivity index (χ2v) is 16.6. The molecule has 3 aromatic carbocycles. The van der Waals surface area contributed by atoms with Crippen molar-refractivity contribution < 1.29 is 24.2 Å². The van der Waals surface area contributed by atoms with E-state index in [1.165, 1.54) is 4.68 Å². The van der Waals surface area contributed by atoms with E-state index in [1.807, 2.05) is 74.6 Å². The molecule has 0 radical (unpaired) electrons. The summed E-state index contributed by atoms with van der Waals surface area (Å²) in [6.07, 6.45) is 1.48. The van der Waals surface area contributed by atoms with Crippen molar-refractivity contribution in [1.82, 2.24) is 14.7 Å². The van der Waals surface area contributed by atoms with Crippen LogP contribution in [0.25, 0.3) is 16.5 Å². The molecule has 1 amide bonds. The molecule has 0 saturated carbocycles. The van der Waals surface area contributed by atoms with E-state index in [1.54, 1.807) is 30.3 Å². The highest BCUT2D eigenvalue weighted by molar-refractivity contribution is 6.71. The Kier molecular flexibility index (Phi) is 8.19. The summed E-state index contributed by atoms with van der Waals surface area (Å²) in [4.78, 5) is 40.5. The van der Waals surface area contributed by atoms with Gasteiger partial charge >= 0.3 is 0 Å². The minimum atomic E-state index is -2.95. The van der Waals surface area contributed by atoms with Gasteiger partial charge in [-0.25, -0.2) is 0 Å². The van der Waals surface area contributed by atoms with Crippen LogP contribution >= 0.6 is 0 Å². The highest BCUT2D eigenvalue weighted by Crippen LogP contribution is 2.47. The van der Waals surface area contributed by atoms with Gasteiger partial charge in [-0.2, -0.15) is 9.78 Å². The molecule has 0 saturated heterocycles. The number of aromatic nitrogens is 2. The van der Waals surface area contributed by atoms with Crippen LogP contribution < -0.4 is 10.3 Å². The molecule has 2 aliphatic heterocycles. The van der Waals surface area contributed by atoms with E-state index in [2.05, 4.69) is 5.10 Å². The lowest BCUT2D eigenvalue weighted by Gasteiger charge is -2.44. The van der Waals surface area contributed by atoms with E-state index in [0.29, 0.717) is 29.8 Å². The maximum absolute atomic E-state index is 13.9. The Labute approximate surface area is 257 Å². The zero-order valence-corrected chi connectivity index (χ0v) is 26.5. The molecule has 1 aromatic heterocycles. The lowest BCUT2D eigenvalue weighted by molar-refractivity contribution is -0.136. The Morgan fingerprint density at radius 2 is 1.84 bits per heavy atom. The minimum Gasteiger partial charge on any atom is -0.490 e. The molecule has 0 spiro atoms. The molecular weight excluding hydrogens is 574 g/mol.